The molecule has 0 aromatic carbocycles. The Morgan fingerprint density at radius 2 is 2.27 bits per heavy atom. The van der Waals surface area contributed by atoms with Gasteiger partial charge in [-0.25, -0.2) is 0 Å². The fourth-order valence-corrected chi connectivity index (χ4v) is 1.87. The number of carboxylic acids is 1. The van der Waals surface area contributed by atoms with Crippen LogP contribution in [0.25, 0.3) is 0 Å². The molecule has 1 saturated heterocycles. The lowest BCUT2D eigenvalue weighted by Crippen LogP contribution is -2.28. The molecule has 0 aromatic rings. The highest BCUT2D eigenvalue weighted by atomic mass is 16.6. The van der Waals surface area contributed by atoms with Gasteiger partial charge in [-0.15, -0.1) is 0 Å². The van der Waals surface area contributed by atoms with E-state index in [1.165, 1.54) is 0 Å². The summed E-state index contributed by atoms with van der Waals surface area (Å²) >= 11 is 0. The molecule has 1 aliphatic heterocycles. The minimum absolute atomic E-state index is 0.117. The third-order valence-corrected chi connectivity index (χ3v) is 2.42. The van der Waals surface area contributed by atoms with Crippen LogP contribution < -0.4 is 0 Å². The third kappa shape index (κ3) is 0.818. The normalized spacial score (nSPS) is 40.7. The van der Waals surface area contributed by atoms with E-state index in [2.05, 4.69) is 0 Å². The second kappa shape index (κ2) is 1.96. The fraction of sp³-hybridized carbons (Fsp3) is 0.714. The van der Waals surface area contributed by atoms with Crippen LogP contribution in [-0.2, 0) is 14.3 Å². The summed E-state index contributed by atoms with van der Waals surface area (Å²) in [5.41, 5.74) is 0. The number of ether oxygens (including phenoxy) is 1. The van der Waals surface area contributed by atoms with Crippen LogP contribution in [0.5, 0.6) is 0 Å². The maximum absolute atomic E-state index is 10.9. The lowest BCUT2D eigenvalue weighted by Gasteiger charge is -2.16. The average Bonchev–Trinajstić information content (AvgIpc) is 2.43. The molecule has 1 unspecified atom stereocenters. The molecule has 2 bridgehead atoms. The number of fused-ring (bicyclic) bond motifs is 2. The average molecular weight is 156 g/mol. The number of carbonyl (C=O) groups is 2. The van der Waals surface area contributed by atoms with E-state index in [4.69, 9.17) is 9.84 Å². The lowest BCUT2D eigenvalue weighted by molar-refractivity contribution is -0.158. The van der Waals surface area contributed by atoms with Crippen molar-refractivity contribution in [2.45, 2.75) is 18.9 Å². The molecule has 2 aliphatic rings. The van der Waals surface area contributed by atoms with E-state index in [-0.39, 0.29) is 18.0 Å². The molecule has 11 heavy (non-hydrogen) atoms. The Hall–Kier alpha value is -1.06. The van der Waals surface area contributed by atoms with Gasteiger partial charge in [-0.2, -0.15) is 0 Å². The molecule has 0 amide bonds. The maximum atomic E-state index is 10.9. The smallest absolute Gasteiger partial charge is 0.310 e. The van der Waals surface area contributed by atoms with Crippen LogP contribution in [0, 0.1) is 11.8 Å². The van der Waals surface area contributed by atoms with Crippen LogP contribution in [0.2, 0.25) is 0 Å². The molecule has 3 atom stereocenters. The Bertz CT molecular complexity index is 222. The molecular weight excluding hydrogens is 148 g/mol. The predicted octanol–water partition coefficient (Wildman–Crippen LogP) is 0.0226. The molecule has 0 spiro atoms. The first-order valence-electron chi connectivity index (χ1n) is 3.62. The van der Waals surface area contributed by atoms with Gasteiger partial charge in [-0.05, 0) is 12.8 Å². The highest BCUT2D eigenvalue weighted by Crippen LogP contribution is 2.40. The summed E-state index contributed by atoms with van der Waals surface area (Å²) in [7, 11) is 0. The molecule has 60 valence electrons. The number of rotatable bonds is 1. The lowest BCUT2D eigenvalue weighted by atomic mass is 9.96. The van der Waals surface area contributed by atoms with Crippen molar-refractivity contribution in [1.82, 2.24) is 0 Å². The van der Waals surface area contributed by atoms with Crippen LogP contribution in [0.15, 0.2) is 0 Å². The predicted molar refractivity (Wildman–Crippen MR) is 33.7 cm³/mol. The van der Waals surface area contributed by atoms with Crippen LogP contribution in [0.4, 0.5) is 0 Å². The van der Waals surface area contributed by atoms with Crippen molar-refractivity contribution in [2.24, 2.45) is 11.8 Å². The van der Waals surface area contributed by atoms with Gasteiger partial charge in [0.05, 0.1) is 11.8 Å². The summed E-state index contributed by atoms with van der Waals surface area (Å²) in [6, 6.07) is 0. The molecular formula is C7H8O4. The third-order valence-electron chi connectivity index (χ3n) is 2.42. The van der Waals surface area contributed by atoms with E-state index >= 15 is 0 Å². The second-order valence-corrected chi connectivity index (χ2v) is 3.08. The Labute approximate surface area is 63.1 Å². The summed E-state index contributed by atoms with van der Waals surface area (Å²) < 4.78 is 4.84. The van der Waals surface area contributed by atoms with E-state index in [9.17, 15) is 9.59 Å². The minimum atomic E-state index is -0.867. The van der Waals surface area contributed by atoms with Gasteiger partial charge in [0.2, 0.25) is 0 Å². The van der Waals surface area contributed by atoms with E-state index in [1.807, 2.05) is 0 Å². The van der Waals surface area contributed by atoms with E-state index in [0.717, 1.165) is 0 Å². The standard InChI is InChI=1S/C7H8O4/c8-6(9)4-1-3-2-5(4)7(10)11-3/h3-5H,1-2H2,(H,8,9)/t3-,4?,5-/m0/s1. The molecule has 1 saturated carbocycles. The monoisotopic (exact) mass is 156 g/mol. The second-order valence-electron chi connectivity index (χ2n) is 3.08. The van der Waals surface area contributed by atoms with Crippen molar-refractivity contribution in [3.8, 4) is 0 Å². The zero-order valence-electron chi connectivity index (χ0n) is 5.82. The summed E-state index contributed by atoms with van der Waals surface area (Å²) in [4.78, 5) is 21.4. The Kier molecular flexibility index (Phi) is 1.19. The molecule has 2 fully saturated rings. The van der Waals surface area contributed by atoms with Gasteiger partial charge in [0, 0.05) is 0 Å². The molecule has 1 aliphatic carbocycles. The van der Waals surface area contributed by atoms with Gasteiger partial charge in [-0.3, -0.25) is 9.59 Å². The van der Waals surface area contributed by atoms with Crippen molar-refractivity contribution in [3.63, 3.8) is 0 Å². The number of esters is 1. The van der Waals surface area contributed by atoms with Crippen LogP contribution in [-0.4, -0.2) is 23.1 Å². The van der Waals surface area contributed by atoms with E-state index in [1.54, 1.807) is 0 Å². The van der Waals surface area contributed by atoms with Gasteiger partial charge in [0.1, 0.15) is 6.10 Å². The van der Waals surface area contributed by atoms with Crippen LogP contribution in [0.1, 0.15) is 12.8 Å². The Balaban J connectivity index is 2.18. The minimum Gasteiger partial charge on any atom is -0.481 e. The van der Waals surface area contributed by atoms with Crippen molar-refractivity contribution in [2.75, 3.05) is 0 Å². The Morgan fingerprint density at radius 3 is 2.64 bits per heavy atom. The van der Waals surface area contributed by atoms with Crippen LogP contribution >= 0.6 is 0 Å². The zero-order chi connectivity index (χ0) is 8.01. The molecule has 2 rings (SSSR count). The first kappa shape index (κ1) is 6.64. The van der Waals surface area contributed by atoms with E-state index < -0.39 is 11.9 Å². The number of carbonyl (C=O) groups excluding carboxylic acids is 1. The van der Waals surface area contributed by atoms with Gasteiger partial charge in [0.15, 0.2) is 0 Å². The quantitative estimate of drug-likeness (QED) is 0.544. The van der Waals surface area contributed by atoms with Gasteiger partial charge < -0.3 is 9.84 Å². The van der Waals surface area contributed by atoms with E-state index in [0.29, 0.717) is 12.8 Å². The fourth-order valence-electron chi connectivity index (χ4n) is 1.87. The SMILES string of the molecule is O=C(O)C1C[C@H]2C[C@@H]1C(=O)O2. The summed E-state index contributed by atoms with van der Waals surface area (Å²) in [5.74, 6) is -2.04. The number of aliphatic carboxylic acids is 1. The molecule has 4 nitrogen and oxygen atoms in total. The largest absolute Gasteiger partial charge is 0.481 e. The summed E-state index contributed by atoms with van der Waals surface area (Å²) in [5, 5.41) is 8.65. The Morgan fingerprint density at radius 1 is 1.55 bits per heavy atom. The molecule has 0 radical (unpaired) electrons. The summed E-state index contributed by atoms with van der Waals surface area (Å²) in [6.07, 6.45) is 0.996. The van der Waals surface area contributed by atoms with Gasteiger partial charge in [0.25, 0.3) is 0 Å². The van der Waals surface area contributed by atoms with Crippen molar-refractivity contribution in [1.29, 1.82) is 0 Å². The maximum Gasteiger partial charge on any atom is 0.310 e. The summed E-state index contributed by atoms with van der Waals surface area (Å²) in [6.45, 7) is 0. The number of hydrogen-bond donors (Lipinski definition) is 1. The van der Waals surface area contributed by atoms with Gasteiger partial charge >= 0.3 is 11.9 Å². The van der Waals surface area contributed by atoms with Gasteiger partial charge in [-0.1, -0.05) is 0 Å². The van der Waals surface area contributed by atoms with Crippen molar-refractivity contribution in [3.05, 3.63) is 0 Å². The number of hydrogen-bond acceptors (Lipinski definition) is 3. The molecule has 1 heterocycles. The zero-order valence-corrected chi connectivity index (χ0v) is 5.82. The molecule has 1 N–H and O–H groups in total. The highest BCUT2D eigenvalue weighted by molar-refractivity contribution is 5.84. The number of carboxylic acid groups (broad SMARTS) is 1. The van der Waals surface area contributed by atoms with Crippen molar-refractivity contribution >= 4 is 11.9 Å². The molecule has 4 heteroatoms. The topological polar surface area (TPSA) is 63.6 Å². The van der Waals surface area contributed by atoms with Crippen molar-refractivity contribution < 1.29 is 19.4 Å². The van der Waals surface area contributed by atoms with Crippen LogP contribution in [0.3, 0.4) is 0 Å². The molecule has 0 aromatic heterocycles. The highest BCUT2D eigenvalue weighted by Gasteiger charge is 2.50. The first-order chi connectivity index (χ1) is 5.18. The first-order valence-corrected chi connectivity index (χ1v) is 3.62.